The van der Waals surface area contributed by atoms with E-state index in [1.165, 1.54) is 12.6 Å². The quantitative estimate of drug-likeness (QED) is 0.329. The Bertz CT molecular complexity index is 1420. The van der Waals surface area contributed by atoms with Crippen LogP contribution in [-0.4, -0.2) is 72.1 Å². The average Bonchev–Trinajstić information content (AvgIpc) is 3.64. The fourth-order valence-electron chi connectivity index (χ4n) is 4.56. The zero-order chi connectivity index (χ0) is 25.4. The number of piperazine rings is 1. The molecular weight excluding hydrogens is 468 g/mol. The van der Waals surface area contributed by atoms with Gasteiger partial charge in [0, 0.05) is 75.5 Å². The lowest BCUT2D eigenvalue weighted by atomic mass is 10.2. The first kappa shape index (κ1) is 23.1. The molecule has 2 saturated heterocycles. The monoisotopic (exact) mass is 498 g/mol. The first-order valence-electron chi connectivity index (χ1n) is 12.5. The number of ether oxygens (including phenoxy) is 1. The molecule has 0 aliphatic carbocycles. The number of carbonyl (C=O) groups is 1. The molecule has 4 aromatic rings. The minimum absolute atomic E-state index is 0.138. The number of benzene rings is 2. The molecule has 3 N–H and O–H groups in total. The van der Waals surface area contributed by atoms with Crippen molar-refractivity contribution in [2.24, 2.45) is 0 Å². The average molecular weight is 499 g/mol. The number of likely N-dealkylation sites (N-methyl/N-ethyl adjacent to an activating group) is 1. The van der Waals surface area contributed by atoms with Crippen LogP contribution in [0.5, 0.6) is 11.6 Å². The number of anilines is 5. The highest BCUT2D eigenvalue weighted by Crippen LogP contribution is 2.38. The topological polar surface area (TPSA) is 101 Å². The van der Waals surface area contributed by atoms with Gasteiger partial charge in [-0.1, -0.05) is 6.07 Å². The van der Waals surface area contributed by atoms with E-state index in [1.54, 1.807) is 6.07 Å². The van der Waals surface area contributed by atoms with E-state index in [0.29, 0.717) is 28.9 Å². The number of aromatic nitrogens is 3. The van der Waals surface area contributed by atoms with Gasteiger partial charge in [0.15, 0.2) is 0 Å². The SMILES string of the molecule is CC(=O)Nc1cccc(Oc2nc(Nc3ccc(N4CCN(C)CC4)cc3)nc3[nH]cc(N4CC4)c23)c1. The summed E-state index contributed by atoms with van der Waals surface area (Å²) in [4.78, 5) is 31.2. The van der Waals surface area contributed by atoms with Gasteiger partial charge >= 0.3 is 0 Å². The van der Waals surface area contributed by atoms with Crippen molar-refractivity contribution in [1.82, 2.24) is 19.9 Å². The molecule has 0 saturated carbocycles. The molecule has 10 heteroatoms. The number of hydrogen-bond donors (Lipinski definition) is 3. The van der Waals surface area contributed by atoms with E-state index in [0.717, 1.165) is 56.0 Å². The first-order chi connectivity index (χ1) is 18.0. The normalized spacial score (nSPS) is 15.6. The smallest absolute Gasteiger partial charge is 0.235 e. The third-order valence-electron chi connectivity index (χ3n) is 6.63. The third-order valence-corrected chi connectivity index (χ3v) is 6.63. The molecule has 2 aromatic carbocycles. The Morgan fingerprint density at radius 2 is 1.70 bits per heavy atom. The second kappa shape index (κ2) is 9.62. The molecule has 10 nitrogen and oxygen atoms in total. The van der Waals surface area contributed by atoms with Crippen LogP contribution in [0.4, 0.5) is 28.7 Å². The van der Waals surface area contributed by atoms with Gasteiger partial charge in [0.2, 0.25) is 17.7 Å². The number of fused-ring (bicyclic) bond motifs is 1. The molecule has 37 heavy (non-hydrogen) atoms. The van der Waals surface area contributed by atoms with Gasteiger partial charge in [0.05, 0.1) is 5.69 Å². The van der Waals surface area contributed by atoms with Gasteiger partial charge in [-0.15, -0.1) is 0 Å². The third kappa shape index (κ3) is 5.14. The minimum atomic E-state index is -0.138. The van der Waals surface area contributed by atoms with E-state index in [2.05, 4.69) is 61.6 Å². The summed E-state index contributed by atoms with van der Waals surface area (Å²) in [6.07, 6.45) is 1.95. The highest BCUT2D eigenvalue weighted by molar-refractivity contribution is 5.96. The summed E-state index contributed by atoms with van der Waals surface area (Å²) in [7, 11) is 2.16. The fraction of sp³-hybridized carbons (Fsp3) is 0.296. The van der Waals surface area contributed by atoms with Crippen molar-refractivity contribution >= 4 is 45.6 Å². The predicted octanol–water partition coefficient (Wildman–Crippen LogP) is 4.02. The summed E-state index contributed by atoms with van der Waals surface area (Å²) in [6, 6.07) is 15.6. The van der Waals surface area contributed by atoms with Crippen molar-refractivity contribution < 1.29 is 9.53 Å². The van der Waals surface area contributed by atoms with Crippen LogP contribution >= 0.6 is 0 Å². The molecule has 0 radical (unpaired) electrons. The molecule has 1 amide bonds. The van der Waals surface area contributed by atoms with Crippen LogP contribution in [0, 0.1) is 0 Å². The zero-order valence-electron chi connectivity index (χ0n) is 21.0. The Balaban J connectivity index is 1.28. The summed E-state index contributed by atoms with van der Waals surface area (Å²) in [6.45, 7) is 7.65. The maximum Gasteiger partial charge on any atom is 0.235 e. The van der Waals surface area contributed by atoms with E-state index in [9.17, 15) is 4.79 Å². The van der Waals surface area contributed by atoms with Gasteiger partial charge in [-0.05, 0) is 43.4 Å². The lowest BCUT2D eigenvalue weighted by Gasteiger charge is -2.34. The van der Waals surface area contributed by atoms with Crippen LogP contribution in [0.25, 0.3) is 11.0 Å². The first-order valence-corrected chi connectivity index (χ1v) is 12.5. The Morgan fingerprint density at radius 3 is 2.43 bits per heavy atom. The lowest BCUT2D eigenvalue weighted by Crippen LogP contribution is -2.44. The van der Waals surface area contributed by atoms with Crippen molar-refractivity contribution in [3.8, 4) is 11.6 Å². The molecule has 2 fully saturated rings. The van der Waals surface area contributed by atoms with E-state index in [4.69, 9.17) is 14.7 Å². The second-order valence-electron chi connectivity index (χ2n) is 9.51. The second-order valence-corrected chi connectivity index (χ2v) is 9.51. The van der Waals surface area contributed by atoms with Gasteiger partial charge in [-0.3, -0.25) is 4.79 Å². The molecule has 0 unspecified atom stereocenters. The zero-order valence-corrected chi connectivity index (χ0v) is 21.0. The Morgan fingerprint density at radius 1 is 0.946 bits per heavy atom. The molecular formula is C27H30N8O2. The highest BCUT2D eigenvalue weighted by Gasteiger charge is 2.25. The van der Waals surface area contributed by atoms with Crippen LogP contribution in [0.1, 0.15) is 6.92 Å². The van der Waals surface area contributed by atoms with Gasteiger partial charge in [-0.2, -0.15) is 9.97 Å². The minimum Gasteiger partial charge on any atom is -0.438 e. The Kier molecular flexibility index (Phi) is 6.01. The molecule has 0 bridgehead atoms. The molecule has 0 atom stereocenters. The molecule has 2 aliphatic rings. The number of rotatable bonds is 7. The summed E-state index contributed by atoms with van der Waals surface area (Å²) in [5.74, 6) is 1.32. The molecule has 0 spiro atoms. The molecule has 2 aliphatic heterocycles. The van der Waals surface area contributed by atoms with Crippen molar-refractivity contribution in [3.63, 3.8) is 0 Å². The number of H-pyrrole nitrogens is 1. The number of nitrogens with zero attached hydrogens (tertiary/aromatic N) is 5. The molecule has 6 rings (SSSR count). The number of carbonyl (C=O) groups excluding carboxylic acids is 1. The van der Waals surface area contributed by atoms with Gasteiger partial charge < -0.3 is 35.1 Å². The van der Waals surface area contributed by atoms with Gasteiger partial charge in [0.25, 0.3) is 0 Å². The molecule has 4 heterocycles. The van der Waals surface area contributed by atoms with Crippen LogP contribution in [0.3, 0.4) is 0 Å². The Hall–Kier alpha value is -4.31. The van der Waals surface area contributed by atoms with E-state index in [-0.39, 0.29) is 5.91 Å². The van der Waals surface area contributed by atoms with Crippen LogP contribution < -0.4 is 25.2 Å². The number of hydrogen-bond acceptors (Lipinski definition) is 8. The molecule has 2 aromatic heterocycles. The predicted molar refractivity (Wildman–Crippen MR) is 146 cm³/mol. The Labute approximate surface area is 215 Å². The van der Waals surface area contributed by atoms with Crippen molar-refractivity contribution in [2.45, 2.75) is 6.92 Å². The lowest BCUT2D eigenvalue weighted by molar-refractivity contribution is -0.114. The maximum atomic E-state index is 11.5. The standard InChI is InChI=1S/C27H30N8O2/c1-18(36)29-20-4-3-5-22(16-20)37-26-24-23(35-14-15-35)17-28-25(24)31-27(32-26)30-19-6-8-21(9-7-19)34-12-10-33(2)11-13-34/h3-9,16-17H,10-15H2,1-2H3,(H,29,36)(H2,28,30,31,32). The van der Waals surface area contributed by atoms with E-state index < -0.39 is 0 Å². The van der Waals surface area contributed by atoms with Gasteiger partial charge in [-0.25, -0.2) is 0 Å². The van der Waals surface area contributed by atoms with Crippen LogP contribution in [-0.2, 0) is 4.79 Å². The summed E-state index contributed by atoms with van der Waals surface area (Å²) in [5, 5.41) is 6.96. The van der Waals surface area contributed by atoms with Gasteiger partial charge in [0.1, 0.15) is 16.8 Å². The van der Waals surface area contributed by atoms with Crippen LogP contribution in [0.2, 0.25) is 0 Å². The number of nitrogens with one attached hydrogen (secondary N) is 3. The summed E-state index contributed by atoms with van der Waals surface area (Å²) < 4.78 is 6.28. The molecule has 190 valence electrons. The van der Waals surface area contributed by atoms with Crippen molar-refractivity contribution in [2.75, 3.05) is 66.7 Å². The maximum absolute atomic E-state index is 11.5. The van der Waals surface area contributed by atoms with E-state index in [1.807, 2.05) is 24.4 Å². The van der Waals surface area contributed by atoms with E-state index >= 15 is 0 Å². The summed E-state index contributed by atoms with van der Waals surface area (Å²) >= 11 is 0. The van der Waals surface area contributed by atoms with Crippen molar-refractivity contribution in [1.29, 1.82) is 0 Å². The largest absolute Gasteiger partial charge is 0.438 e. The van der Waals surface area contributed by atoms with Crippen molar-refractivity contribution in [3.05, 3.63) is 54.7 Å². The highest BCUT2D eigenvalue weighted by atomic mass is 16.5. The number of aromatic amines is 1. The summed E-state index contributed by atoms with van der Waals surface area (Å²) in [5.41, 5.74) is 4.49. The number of amides is 1. The van der Waals surface area contributed by atoms with Crippen LogP contribution in [0.15, 0.2) is 54.7 Å². The fourth-order valence-corrected chi connectivity index (χ4v) is 4.56.